The van der Waals surface area contributed by atoms with Gasteiger partial charge in [0.15, 0.2) is 0 Å². The zero-order valence-corrected chi connectivity index (χ0v) is 12.3. The second kappa shape index (κ2) is 6.88. The third-order valence-electron chi connectivity index (χ3n) is 4.55. The van der Waals surface area contributed by atoms with Gasteiger partial charge < -0.3 is 15.5 Å². The van der Waals surface area contributed by atoms with E-state index in [1.807, 2.05) is 0 Å². The van der Waals surface area contributed by atoms with Crippen molar-refractivity contribution in [1.82, 2.24) is 9.80 Å². The highest BCUT2D eigenvalue weighted by Gasteiger charge is 2.25. The Morgan fingerprint density at radius 3 is 2.22 bits per heavy atom. The lowest BCUT2D eigenvalue weighted by atomic mass is 9.84. The van der Waals surface area contributed by atoms with E-state index >= 15 is 0 Å². The summed E-state index contributed by atoms with van der Waals surface area (Å²) in [5, 5.41) is 0. The van der Waals surface area contributed by atoms with Crippen molar-refractivity contribution < 1.29 is 0 Å². The fraction of sp³-hybridized carbons (Fsp3) is 1.00. The molecule has 1 heterocycles. The van der Waals surface area contributed by atoms with E-state index in [9.17, 15) is 0 Å². The molecule has 2 unspecified atom stereocenters. The first-order chi connectivity index (χ1) is 8.65. The van der Waals surface area contributed by atoms with Gasteiger partial charge in [0.25, 0.3) is 0 Å². The predicted octanol–water partition coefficient (Wildman–Crippen LogP) is 1.78. The number of hydrogen-bond acceptors (Lipinski definition) is 3. The van der Waals surface area contributed by atoms with Crippen molar-refractivity contribution in [1.29, 1.82) is 0 Å². The van der Waals surface area contributed by atoms with E-state index in [-0.39, 0.29) is 0 Å². The van der Waals surface area contributed by atoms with Crippen molar-refractivity contribution in [3.8, 4) is 0 Å². The van der Waals surface area contributed by atoms with Crippen LogP contribution in [0, 0.1) is 11.8 Å². The Labute approximate surface area is 113 Å². The quantitative estimate of drug-likeness (QED) is 0.829. The van der Waals surface area contributed by atoms with E-state index in [4.69, 9.17) is 5.73 Å². The van der Waals surface area contributed by atoms with Crippen LogP contribution < -0.4 is 5.73 Å². The van der Waals surface area contributed by atoms with Gasteiger partial charge in [0.05, 0.1) is 0 Å². The molecule has 1 aliphatic carbocycles. The molecule has 0 amide bonds. The van der Waals surface area contributed by atoms with E-state index in [0.29, 0.717) is 6.04 Å². The van der Waals surface area contributed by atoms with Gasteiger partial charge in [-0.3, -0.25) is 0 Å². The minimum atomic E-state index is 0.465. The fourth-order valence-corrected chi connectivity index (χ4v) is 3.47. The molecule has 1 aliphatic heterocycles. The Morgan fingerprint density at radius 2 is 1.61 bits per heavy atom. The van der Waals surface area contributed by atoms with Gasteiger partial charge in [-0.15, -0.1) is 0 Å². The highest BCUT2D eigenvalue weighted by atomic mass is 15.3. The summed E-state index contributed by atoms with van der Waals surface area (Å²) in [7, 11) is 0. The minimum absolute atomic E-state index is 0.465. The molecule has 2 aliphatic rings. The number of hydrogen-bond donors (Lipinski definition) is 1. The van der Waals surface area contributed by atoms with E-state index in [1.54, 1.807) is 0 Å². The van der Waals surface area contributed by atoms with Crippen LogP contribution in [0.25, 0.3) is 0 Å². The molecule has 0 spiro atoms. The van der Waals surface area contributed by atoms with Gasteiger partial charge in [-0.1, -0.05) is 26.7 Å². The first-order valence-electron chi connectivity index (χ1n) is 7.85. The summed E-state index contributed by atoms with van der Waals surface area (Å²) in [6.45, 7) is 12.1. The highest BCUT2D eigenvalue weighted by molar-refractivity contribution is 4.82. The zero-order chi connectivity index (χ0) is 13.0. The summed E-state index contributed by atoms with van der Waals surface area (Å²) in [6, 6.07) is 0.465. The van der Waals surface area contributed by atoms with Gasteiger partial charge in [-0.25, -0.2) is 0 Å². The van der Waals surface area contributed by atoms with Gasteiger partial charge in [-0.05, 0) is 24.7 Å². The molecule has 3 nitrogen and oxygen atoms in total. The lowest BCUT2D eigenvalue weighted by Gasteiger charge is -2.39. The second-order valence-electron chi connectivity index (χ2n) is 6.70. The molecule has 0 aromatic rings. The molecular formula is C15H31N3. The Morgan fingerprint density at radius 1 is 1.00 bits per heavy atom. The van der Waals surface area contributed by atoms with Gasteiger partial charge in [-0.2, -0.15) is 0 Å². The molecule has 2 fully saturated rings. The molecule has 106 valence electrons. The average Bonchev–Trinajstić information content (AvgIpc) is 2.34. The van der Waals surface area contributed by atoms with Crippen molar-refractivity contribution in [2.24, 2.45) is 17.6 Å². The maximum atomic E-state index is 6.25. The minimum Gasteiger partial charge on any atom is -0.327 e. The highest BCUT2D eigenvalue weighted by Crippen LogP contribution is 2.24. The standard InChI is InChI=1S/C15H31N3/c1-13(2)11-17-7-9-18(10-8-17)12-14-5-3-4-6-15(14)16/h13-15H,3-12,16H2,1-2H3. The van der Waals surface area contributed by atoms with Gasteiger partial charge in [0.2, 0.25) is 0 Å². The van der Waals surface area contributed by atoms with E-state index in [2.05, 4.69) is 23.6 Å². The van der Waals surface area contributed by atoms with E-state index in [0.717, 1.165) is 11.8 Å². The first kappa shape index (κ1) is 14.3. The van der Waals surface area contributed by atoms with Gasteiger partial charge in [0.1, 0.15) is 0 Å². The van der Waals surface area contributed by atoms with Crippen LogP contribution in [0.1, 0.15) is 39.5 Å². The number of nitrogens with zero attached hydrogens (tertiary/aromatic N) is 2. The summed E-state index contributed by atoms with van der Waals surface area (Å²) in [5.41, 5.74) is 6.25. The molecule has 3 heteroatoms. The number of nitrogens with two attached hydrogens (primary N) is 1. The van der Waals surface area contributed by atoms with Crippen LogP contribution in [0.3, 0.4) is 0 Å². The Bertz CT molecular complexity index is 234. The van der Waals surface area contributed by atoms with E-state index < -0.39 is 0 Å². The largest absolute Gasteiger partial charge is 0.327 e. The molecule has 2 N–H and O–H groups in total. The average molecular weight is 253 g/mol. The molecule has 2 rings (SSSR count). The van der Waals surface area contributed by atoms with Crippen molar-refractivity contribution >= 4 is 0 Å². The molecule has 18 heavy (non-hydrogen) atoms. The van der Waals surface area contributed by atoms with E-state index in [1.165, 1.54) is 65.0 Å². The first-order valence-corrected chi connectivity index (χ1v) is 7.85. The topological polar surface area (TPSA) is 32.5 Å². The molecule has 0 aromatic carbocycles. The molecule has 1 saturated carbocycles. The summed E-state index contributed by atoms with van der Waals surface area (Å²) in [4.78, 5) is 5.26. The Balaban J connectivity index is 1.69. The van der Waals surface area contributed by atoms with Crippen LogP contribution in [0.2, 0.25) is 0 Å². The van der Waals surface area contributed by atoms with Crippen molar-refractivity contribution in [2.45, 2.75) is 45.6 Å². The predicted molar refractivity (Wildman–Crippen MR) is 77.7 cm³/mol. The van der Waals surface area contributed by atoms with Crippen LogP contribution in [-0.4, -0.2) is 55.1 Å². The fourth-order valence-electron chi connectivity index (χ4n) is 3.47. The summed E-state index contributed by atoms with van der Waals surface area (Å²) >= 11 is 0. The van der Waals surface area contributed by atoms with Gasteiger partial charge in [0, 0.05) is 45.3 Å². The smallest absolute Gasteiger partial charge is 0.0110 e. The second-order valence-corrected chi connectivity index (χ2v) is 6.70. The van der Waals surface area contributed by atoms with Crippen molar-refractivity contribution in [3.63, 3.8) is 0 Å². The lowest BCUT2D eigenvalue weighted by Crippen LogP contribution is -2.50. The molecular weight excluding hydrogens is 222 g/mol. The number of piperazine rings is 1. The van der Waals surface area contributed by atoms with Crippen molar-refractivity contribution in [2.75, 3.05) is 39.3 Å². The molecule has 2 atom stereocenters. The lowest BCUT2D eigenvalue weighted by molar-refractivity contribution is 0.0975. The zero-order valence-electron chi connectivity index (χ0n) is 12.3. The van der Waals surface area contributed by atoms with Crippen LogP contribution in [0.15, 0.2) is 0 Å². The van der Waals surface area contributed by atoms with Crippen LogP contribution in [-0.2, 0) is 0 Å². The summed E-state index contributed by atoms with van der Waals surface area (Å²) < 4.78 is 0. The van der Waals surface area contributed by atoms with Crippen LogP contribution >= 0.6 is 0 Å². The maximum absolute atomic E-state index is 6.25. The monoisotopic (exact) mass is 253 g/mol. The van der Waals surface area contributed by atoms with Crippen molar-refractivity contribution in [3.05, 3.63) is 0 Å². The Kier molecular flexibility index (Phi) is 5.46. The molecule has 0 aromatic heterocycles. The maximum Gasteiger partial charge on any atom is 0.0110 e. The third-order valence-corrected chi connectivity index (χ3v) is 4.55. The molecule has 0 bridgehead atoms. The van der Waals surface area contributed by atoms with Crippen LogP contribution in [0.5, 0.6) is 0 Å². The summed E-state index contributed by atoms with van der Waals surface area (Å²) in [6.07, 6.45) is 5.34. The molecule has 0 radical (unpaired) electrons. The van der Waals surface area contributed by atoms with Gasteiger partial charge >= 0.3 is 0 Å². The van der Waals surface area contributed by atoms with Crippen LogP contribution in [0.4, 0.5) is 0 Å². The number of rotatable bonds is 4. The Hall–Kier alpha value is -0.120. The normalized spacial score (nSPS) is 32.0. The third kappa shape index (κ3) is 4.22. The summed E-state index contributed by atoms with van der Waals surface area (Å²) in [5.74, 6) is 1.55. The molecule has 1 saturated heterocycles. The SMILES string of the molecule is CC(C)CN1CCN(CC2CCCCC2N)CC1.